The summed E-state index contributed by atoms with van der Waals surface area (Å²) in [7, 11) is 1.40. The van der Waals surface area contributed by atoms with E-state index in [4.69, 9.17) is 9.47 Å². The van der Waals surface area contributed by atoms with Crippen molar-refractivity contribution in [3.63, 3.8) is 0 Å². The van der Waals surface area contributed by atoms with Crippen LogP contribution in [-0.2, 0) is 19.7 Å². The van der Waals surface area contributed by atoms with Gasteiger partial charge in [0.05, 0.1) is 7.11 Å². The lowest BCUT2D eigenvalue weighted by Gasteiger charge is -2.40. The highest BCUT2D eigenvalue weighted by Gasteiger charge is 2.44. The zero-order chi connectivity index (χ0) is 18.9. The molecular formula is C21H27NO4. The zero-order valence-electron chi connectivity index (χ0n) is 16.0. The summed E-state index contributed by atoms with van der Waals surface area (Å²) in [5.41, 5.74) is 2.93. The molecule has 1 amide bonds. The number of carbonyl (C=O) groups is 2. The lowest BCUT2D eigenvalue weighted by molar-refractivity contribution is -0.134. The van der Waals surface area contributed by atoms with Crippen LogP contribution in [0, 0.1) is 0 Å². The average molecular weight is 357 g/mol. The van der Waals surface area contributed by atoms with E-state index >= 15 is 0 Å². The maximum absolute atomic E-state index is 12.3. The predicted octanol–water partition coefficient (Wildman–Crippen LogP) is 3.92. The van der Waals surface area contributed by atoms with E-state index in [-0.39, 0.29) is 17.5 Å². The summed E-state index contributed by atoms with van der Waals surface area (Å²) in [5, 5.41) is 0. The lowest BCUT2D eigenvalue weighted by Crippen LogP contribution is -2.46. The average Bonchev–Trinajstić information content (AvgIpc) is 2.88. The Bertz CT molecular complexity index is 737. The summed E-state index contributed by atoms with van der Waals surface area (Å²) in [6.07, 6.45) is 3.89. The summed E-state index contributed by atoms with van der Waals surface area (Å²) in [6.45, 7) is 6.97. The number of fused-ring (bicyclic) bond motifs is 2. The van der Waals surface area contributed by atoms with Crippen LogP contribution in [-0.4, -0.2) is 42.8 Å². The van der Waals surface area contributed by atoms with Crippen molar-refractivity contribution in [2.75, 3.05) is 20.2 Å². The molecule has 140 valence electrons. The molecule has 0 saturated carbocycles. The zero-order valence-corrected chi connectivity index (χ0v) is 16.0. The molecule has 1 saturated heterocycles. The highest BCUT2D eigenvalue weighted by atomic mass is 16.6. The maximum atomic E-state index is 12.3. The van der Waals surface area contributed by atoms with Crippen LogP contribution in [0.5, 0.6) is 0 Å². The van der Waals surface area contributed by atoms with Gasteiger partial charge in [-0.3, -0.25) is 0 Å². The van der Waals surface area contributed by atoms with Gasteiger partial charge in [0.15, 0.2) is 0 Å². The van der Waals surface area contributed by atoms with Gasteiger partial charge in [0, 0.05) is 24.6 Å². The Kier molecular flexibility index (Phi) is 4.82. The second-order valence-electron chi connectivity index (χ2n) is 8.16. The largest absolute Gasteiger partial charge is 0.466 e. The van der Waals surface area contributed by atoms with Gasteiger partial charge >= 0.3 is 12.1 Å². The summed E-state index contributed by atoms with van der Waals surface area (Å²) in [5.74, 6) is -0.321. The minimum absolute atomic E-state index is 0.0189. The Morgan fingerprint density at radius 2 is 1.81 bits per heavy atom. The molecule has 0 atom stereocenters. The summed E-state index contributed by atoms with van der Waals surface area (Å²) in [4.78, 5) is 25.9. The fourth-order valence-corrected chi connectivity index (χ4v) is 4.00. The monoisotopic (exact) mass is 357 g/mol. The molecule has 1 aromatic carbocycles. The number of amides is 1. The van der Waals surface area contributed by atoms with E-state index < -0.39 is 5.60 Å². The molecule has 5 nitrogen and oxygen atoms in total. The molecule has 1 aliphatic carbocycles. The molecule has 1 aromatic rings. The summed E-state index contributed by atoms with van der Waals surface area (Å²) in [6, 6.07) is 8.26. The molecule has 0 bridgehead atoms. The van der Waals surface area contributed by atoms with Crippen molar-refractivity contribution >= 4 is 17.6 Å². The highest BCUT2D eigenvalue weighted by molar-refractivity contribution is 5.93. The first-order chi connectivity index (χ1) is 12.2. The van der Waals surface area contributed by atoms with Gasteiger partial charge in [-0.2, -0.15) is 0 Å². The van der Waals surface area contributed by atoms with Gasteiger partial charge in [-0.1, -0.05) is 24.3 Å². The number of nitrogens with zero attached hydrogens (tertiary/aromatic N) is 1. The van der Waals surface area contributed by atoms with Gasteiger partial charge in [0.2, 0.25) is 0 Å². The molecule has 1 heterocycles. The van der Waals surface area contributed by atoms with Gasteiger partial charge < -0.3 is 14.4 Å². The van der Waals surface area contributed by atoms with Crippen LogP contribution in [0.25, 0.3) is 5.57 Å². The van der Waals surface area contributed by atoms with Crippen molar-refractivity contribution < 1.29 is 19.1 Å². The summed E-state index contributed by atoms with van der Waals surface area (Å²) >= 11 is 0. The Morgan fingerprint density at radius 3 is 2.42 bits per heavy atom. The minimum Gasteiger partial charge on any atom is -0.466 e. The maximum Gasteiger partial charge on any atom is 0.410 e. The smallest absolute Gasteiger partial charge is 0.410 e. The number of hydrogen-bond acceptors (Lipinski definition) is 4. The normalized spacial score (nSPS) is 20.2. The van der Waals surface area contributed by atoms with E-state index in [0.29, 0.717) is 13.1 Å². The van der Waals surface area contributed by atoms with Gasteiger partial charge in [-0.25, -0.2) is 9.59 Å². The van der Waals surface area contributed by atoms with Crippen LogP contribution in [0.2, 0.25) is 0 Å². The number of benzene rings is 1. The van der Waals surface area contributed by atoms with E-state index in [1.54, 1.807) is 11.0 Å². The van der Waals surface area contributed by atoms with E-state index in [9.17, 15) is 9.59 Å². The first kappa shape index (κ1) is 18.5. The third-order valence-electron chi connectivity index (χ3n) is 5.24. The third kappa shape index (κ3) is 3.62. The molecule has 1 aliphatic heterocycles. The van der Waals surface area contributed by atoms with Crippen LogP contribution in [0.15, 0.2) is 30.3 Å². The molecule has 0 N–H and O–H groups in total. The first-order valence-corrected chi connectivity index (χ1v) is 9.10. The molecule has 2 aliphatic rings. The number of carbonyl (C=O) groups excluding carboxylic acids is 2. The van der Waals surface area contributed by atoms with Crippen LogP contribution in [0.1, 0.15) is 51.2 Å². The van der Waals surface area contributed by atoms with Gasteiger partial charge in [0.1, 0.15) is 5.60 Å². The fraction of sp³-hybridized carbons (Fsp3) is 0.524. The number of hydrogen-bond donors (Lipinski definition) is 0. The first-order valence-electron chi connectivity index (χ1n) is 9.10. The number of allylic oxidation sites excluding steroid dienone is 1. The topological polar surface area (TPSA) is 55.8 Å². The van der Waals surface area contributed by atoms with Crippen molar-refractivity contribution in [1.29, 1.82) is 0 Å². The third-order valence-corrected chi connectivity index (χ3v) is 5.24. The van der Waals surface area contributed by atoms with E-state index in [1.807, 2.05) is 32.9 Å². The number of rotatable bonds is 1. The van der Waals surface area contributed by atoms with Crippen LogP contribution < -0.4 is 0 Å². The Labute approximate surface area is 155 Å². The Morgan fingerprint density at radius 1 is 1.15 bits per heavy atom. The number of likely N-dealkylation sites (tertiary alicyclic amines) is 1. The second-order valence-corrected chi connectivity index (χ2v) is 8.16. The van der Waals surface area contributed by atoms with E-state index in [0.717, 1.165) is 30.4 Å². The van der Waals surface area contributed by atoms with Gasteiger partial charge in [-0.15, -0.1) is 0 Å². The fourth-order valence-electron chi connectivity index (χ4n) is 4.00. The van der Waals surface area contributed by atoms with E-state index in [1.165, 1.54) is 12.7 Å². The predicted molar refractivity (Wildman–Crippen MR) is 99.8 cm³/mol. The molecule has 0 unspecified atom stereocenters. The highest BCUT2D eigenvalue weighted by Crippen LogP contribution is 2.51. The number of methoxy groups -OCH3 is 1. The van der Waals surface area contributed by atoms with Gasteiger partial charge in [-0.05, 0) is 56.7 Å². The number of piperidine rings is 1. The molecule has 1 fully saturated rings. The lowest BCUT2D eigenvalue weighted by atomic mass is 9.73. The SMILES string of the molecule is COC(=O)/C=C1\CC2(CCN(C(=O)OC(C)(C)C)CC2)c2ccccc21. The molecule has 26 heavy (non-hydrogen) atoms. The molecule has 0 aromatic heterocycles. The number of ether oxygens (including phenoxy) is 2. The van der Waals surface area contributed by atoms with Crippen LogP contribution in [0.3, 0.4) is 0 Å². The summed E-state index contributed by atoms with van der Waals surface area (Å²) < 4.78 is 10.3. The van der Waals surface area contributed by atoms with Crippen molar-refractivity contribution in [3.8, 4) is 0 Å². The van der Waals surface area contributed by atoms with Gasteiger partial charge in [0.25, 0.3) is 0 Å². The Balaban J connectivity index is 1.79. The van der Waals surface area contributed by atoms with E-state index in [2.05, 4.69) is 12.1 Å². The van der Waals surface area contributed by atoms with Crippen LogP contribution >= 0.6 is 0 Å². The standard InChI is InChI=1S/C21H27NO4/c1-20(2,3)26-19(24)22-11-9-21(10-12-22)14-15(13-18(23)25-4)16-7-5-6-8-17(16)21/h5-8,13H,9-12,14H2,1-4H3/b15-13+. The molecule has 0 radical (unpaired) electrons. The van der Waals surface area contributed by atoms with Crippen molar-refractivity contribution in [1.82, 2.24) is 4.90 Å². The second kappa shape index (κ2) is 6.78. The molecule has 1 spiro atoms. The van der Waals surface area contributed by atoms with Crippen LogP contribution in [0.4, 0.5) is 4.79 Å². The van der Waals surface area contributed by atoms with Crippen molar-refractivity contribution in [2.45, 2.75) is 51.0 Å². The Hall–Kier alpha value is -2.30. The van der Waals surface area contributed by atoms with Crippen molar-refractivity contribution in [2.24, 2.45) is 0 Å². The number of esters is 1. The van der Waals surface area contributed by atoms with Crippen molar-refractivity contribution in [3.05, 3.63) is 41.5 Å². The molecular weight excluding hydrogens is 330 g/mol. The minimum atomic E-state index is -0.484. The quantitative estimate of drug-likeness (QED) is 0.565. The molecule has 5 heteroatoms. The molecule has 3 rings (SSSR count).